The van der Waals surface area contributed by atoms with Crippen LogP contribution in [-0.4, -0.2) is 23.1 Å². The van der Waals surface area contributed by atoms with Gasteiger partial charge in [0.15, 0.2) is 5.11 Å². The van der Waals surface area contributed by atoms with Crippen LogP contribution in [-0.2, 0) is 0 Å². The molecule has 0 spiro atoms. The number of nitrogens with zero attached hydrogens (tertiary/aromatic N) is 1. The number of hydrogen-bond acceptors (Lipinski definition) is 1. The molecule has 1 saturated heterocycles. The lowest BCUT2D eigenvalue weighted by Crippen LogP contribution is -2.31. The maximum absolute atomic E-state index is 5.40. The number of aryl methyl sites for hydroxylation is 2. The summed E-state index contributed by atoms with van der Waals surface area (Å²) in [5.74, 6) is 0. The van der Waals surface area contributed by atoms with E-state index in [0.29, 0.717) is 0 Å². The minimum Gasteiger partial charge on any atom is -0.349 e. The standard InChI is InChI=1S/C13H18N2S/c1-10-7-11(2)9-12(8-10)14-13(16)15-5-3-4-6-15/h7-9H,3-6H2,1-2H3,(H,14,16). The van der Waals surface area contributed by atoms with Gasteiger partial charge in [-0.25, -0.2) is 0 Å². The van der Waals surface area contributed by atoms with Crippen molar-refractivity contribution in [1.29, 1.82) is 0 Å². The van der Waals surface area contributed by atoms with Gasteiger partial charge in [-0.05, 0) is 62.2 Å². The highest BCUT2D eigenvalue weighted by atomic mass is 32.1. The molecule has 2 rings (SSSR count). The van der Waals surface area contributed by atoms with Crippen LogP contribution in [0.25, 0.3) is 0 Å². The van der Waals surface area contributed by atoms with E-state index >= 15 is 0 Å². The fraction of sp³-hybridized carbons (Fsp3) is 0.462. The Kier molecular flexibility index (Phi) is 3.44. The second-order valence-electron chi connectivity index (χ2n) is 4.50. The summed E-state index contributed by atoms with van der Waals surface area (Å²) in [7, 11) is 0. The lowest BCUT2D eigenvalue weighted by Gasteiger charge is -2.20. The molecule has 16 heavy (non-hydrogen) atoms. The van der Waals surface area contributed by atoms with Gasteiger partial charge in [-0.2, -0.15) is 0 Å². The third kappa shape index (κ3) is 2.73. The second-order valence-corrected chi connectivity index (χ2v) is 4.89. The van der Waals surface area contributed by atoms with Crippen LogP contribution < -0.4 is 5.32 Å². The third-order valence-corrected chi connectivity index (χ3v) is 3.23. The highest BCUT2D eigenvalue weighted by molar-refractivity contribution is 7.80. The van der Waals surface area contributed by atoms with Crippen LogP contribution in [0.3, 0.4) is 0 Å². The van der Waals surface area contributed by atoms with Gasteiger partial charge in [0.2, 0.25) is 0 Å². The lowest BCUT2D eigenvalue weighted by molar-refractivity contribution is 0.528. The highest BCUT2D eigenvalue weighted by Crippen LogP contribution is 2.16. The molecule has 1 aliphatic heterocycles. The van der Waals surface area contributed by atoms with Crippen molar-refractivity contribution in [2.45, 2.75) is 26.7 Å². The summed E-state index contributed by atoms with van der Waals surface area (Å²) in [6.45, 7) is 6.40. The number of rotatable bonds is 1. The van der Waals surface area contributed by atoms with E-state index in [1.165, 1.54) is 24.0 Å². The molecule has 1 heterocycles. The van der Waals surface area contributed by atoms with Gasteiger partial charge in [-0.3, -0.25) is 0 Å². The molecule has 0 saturated carbocycles. The van der Waals surface area contributed by atoms with Crippen LogP contribution in [0.5, 0.6) is 0 Å². The predicted octanol–water partition coefficient (Wildman–Crippen LogP) is 3.10. The van der Waals surface area contributed by atoms with E-state index in [-0.39, 0.29) is 0 Å². The molecule has 0 amide bonds. The topological polar surface area (TPSA) is 15.3 Å². The number of hydrogen-bond donors (Lipinski definition) is 1. The molecule has 0 bridgehead atoms. The Balaban J connectivity index is 2.05. The molecule has 0 unspecified atom stereocenters. The Morgan fingerprint density at radius 1 is 1.12 bits per heavy atom. The Morgan fingerprint density at radius 2 is 1.69 bits per heavy atom. The number of anilines is 1. The normalized spacial score (nSPS) is 15.2. The summed E-state index contributed by atoms with van der Waals surface area (Å²) in [5.41, 5.74) is 3.65. The van der Waals surface area contributed by atoms with Crippen LogP contribution in [0.2, 0.25) is 0 Å². The SMILES string of the molecule is Cc1cc(C)cc(NC(=S)N2CCCC2)c1. The summed E-state index contributed by atoms with van der Waals surface area (Å²) >= 11 is 5.40. The molecule has 1 fully saturated rings. The summed E-state index contributed by atoms with van der Waals surface area (Å²) in [6.07, 6.45) is 2.52. The molecule has 2 nitrogen and oxygen atoms in total. The quantitative estimate of drug-likeness (QED) is 0.752. The van der Waals surface area contributed by atoms with Gasteiger partial charge in [0.1, 0.15) is 0 Å². The molecule has 86 valence electrons. The molecule has 0 aliphatic carbocycles. The zero-order valence-corrected chi connectivity index (χ0v) is 10.7. The maximum Gasteiger partial charge on any atom is 0.173 e. The van der Waals surface area contributed by atoms with E-state index in [4.69, 9.17) is 12.2 Å². The fourth-order valence-corrected chi connectivity index (χ4v) is 2.47. The van der Waals surface area contributed by atoms with E-state index in [1.807, 2.05) is 0 Å². The van der Waals surface area contributed by atoms with Gasteiger partial charge in [0.05, 0.1) is 0 Å². The first-order valence-electron chi connectivity index (χ1n) is 5.79. The largest absolute Gasteiger partial charge is 0.349 e. The molecule has 0 aromatic heterocycles. The van der Waals surface area contributed by atoms with Gasteiger partial charge in [0, 0.05) is 18.8 Å². The van der Waals surface area contributed by atoms with Crippen LogP contribution >= 0.6 is 12.2 Å². The first-order chi connectivity index (χ1) is 7.65. The number of thiocarbonyl (C=S) groups is 1. The second kappa shape index (κ2) is 4.83. The predicted molar refractivity (Wildman–Crippen MR) is 72.9 cm³/mol. The van der Waals surface area contributed by atoms with E-state index in [2.05, 4.69) is 42.3 Å². The van der Waals surface area contributed by atoms with Crippen LogP contribution in [0.4, 0.5) is 5.69 Å². The summed E-state index contributed by atoms with van der Waals surface area (Å²) in [5, 5.41) is 4.19. The lowest BCUT2D eigenvalue weighted by atomic mass is 10.1. The molecule has 1 aromatic carbocycles. The Bertz CT molecular complexity index is 375. The third-order valence-electron chi connectivity index (χ3n) is 2.87. The first-order valence-corrected chi connectivity index (χ1v) is 6.20. The number of likely N-dealkylation sites (tertiary alicyclic amines) is 1. The summed E-state index contributed by atoms with van der Waals surface area (Å²) < 4.78 is 0. The van der Waals surface area contributed by atoms with Gasteiger partial charge in [-0.15, -0.1) is 0 Å². The van der Waals surface area contributed by atoms with Crippen LogP contribution in [0.1, 0.15) is 24.0 Å². The summed E-state index contributed by atoms with van der Waals surface area (Å²) in [6, 6.07) is 6.44. The molecule has 1 N–H and O–H groups in total. The van der Waals surface area contributed by atoms with Gasteiger partial charge >= 0.3 is 0 Å². The van der Waals surface area contributed by atoms with Crippen molar-refractivity contribution in [3.63, 3.8) is 0 Å². The van der Waals surface area contributed by atoms with Gasteiger partial charge < -0.3 is 10.2 Å². The van der Waals surface area contributed by atoms with E-state index < -0.39 is 0 Å². The average Bonchev–Trinajstić information content (AvgIpc) is 2.68. The van der Waals surface area contributed by atoms with E-state index in [1.54, 1.807) is 0 Å². The molecule has 0 radical (unpaired) electrons. The van der Waals surface area contributed by atoms with Crippen molar-refractivity contribution in [2.24, 2.45) is 0 Å². The average molecular weight is 234 g/mol. The molecule has 1 aliphatic rings. The van der Waals surface area contributed by atoms with Crippen molar-refractivity contribution < 1.29 is 0 Å². The van der Waals surface area contributed by atoms with Crippen molar-refractivity contribution in [3.8, 4) is 0 Å². The van der Waals surface area contributed by atoms with E-state index in [9.17, 15) is 0 Å². The van der Waals surface area contributed by atoms with Gasteiger partial charge in [-0.1, -0.05) is 6.07 Å². The van der Waals surface area contributed by atoms with Crippen LogP contribution in [0.15, 0.2) is 18.2 Å². The molecular formula is C13H18N2S. The summed E-state index contributed by atoms with van der Waals surface area (Å²) in [4.78, 5) is 2.24. The van der Waals surface area contributed by atoms with Gasteiger partial charge in [0.25, 0.3) is 0 Å². The zero-order valence-electron chi connectivity index (χ0n) is 9.92. The minimum atomic E-state index is 0.863. The smallest absolute Gasteiger partial charge is 0.173 e. The molecule has 0 atom stereocenters. The number of benzene rings is 1. The van der Waals surface area contributed by atoms with Crippen molar-refractivity contribution in [2.75, 3.05) is 18.4 Å². The Labute approximate surface area is 103 Å². The zero-order chi connectivity index (χ0) is 11.5. The maximum atomic E-state index is 5.40. The van der Waals surface area contributed by atoms with Crippen molar-refractivity contribution in [1.82, 2.24) is 4.90 Å². The van der Waals surface area contributed by atoms with Crippen LogP contribution in [0, 0.1) is 13.8 Å². The Hall–Kier alpha value is -1.09. The number of nitrogens with one attached hydrogen (secondary N) is 1. The molecule has 3 heteroatoms. The minimum absolute atomic E-state index is 0.863. The van der Waals surface area contributed by atoms with Crippen molar-refractivity contribution >= 4 is 23.0 Å². The van der Waals surface area contributed by atoms with Crippen molar-refractivity contribution in [3.05, 3.63) is 29.3 Å². The highest BCUT2D eigenvalue weighted by Gasteiger charge is 2.14. The first kappa shape index (κ1) is 11.4. The van der Waals surface area contributed by atoms with E-state index in [0.717, 1.165) is 23.9 Å². The monoisotopic (exact) mass is 234 g/mol. The molecular weight excluding hydrogens is 216 g/mol. The molecule has 1 aromatic rings. The Morgan fingerprint density at radius 3 is 2.25 bits per heavy atom. The fourth-order valence-electron chi connectivity index (χ4n) is 2.17.